The fraction of sp³-hybridized carbons (Fsp3) is 0.304. The first-order valence-corrected chi connectivity index (χ1v) is 11.6. The van der Waals surface area contributed by atoms with Gasteiger partial charge in [0.15, 0.2) is 0 Å². The summed E-state index contributed by atoms with van der Waals surface area (Å²) in [6, 6.07) is 11.3. The highest BCUT2D eigenvalue weighted by Gasteiger charge is 2.16. The number of halogens is 2. The molecule has 1 fully saturated rings. The summed E-state index contributed by atoms with van der Waals surface area (Å²) in [5.41, 5.74) is 2.66. The van der Waals surface area contributed by atoms with E-state index in [1.165, 1.54) is 12.8 Å². The lowest BCUT2D eigenvalue weighted by molar-refractivity contribution is 0.361. The number of hydrogen-bond acceptors (Lipinski definition) is 5. The molecule has 5 rings (SSSR count). The minimum absolute atomic E-state index is 0.212. The summed E-state index contributed by atoms with van der Waals surface area (Å²) in [7, 11) is 0. The number of benzene rings is 2. The highest BCUT2D eigenvalue weighted by atomic mass is 79.9. The van der Waals surface area contributed by atoms with Crippen molar-refractivity contribution in [2.45, 2.75) is 19.3 Å². The zero-order valence-corrected chi connectivity index (χ0v) is 19.1. The van der Waals surface area contributed by atoms with Gasteiger partial charge in [-0.05, 0) is 74.7 Å². The summed E-state index contributed by atoms with van der Waals surface area (Å²) in [5, 5.41) is 8.17. The van der Waals surface area contributed by atoms with Gasteiger partial charge in [0.05, 0.1) is 5.02 Å². The maximum Gasteiger partial charge on any atom is 0.294 e. The smallest absolute Gasteiger partial charge is 0.294 e. The number of piperidine rings is 1. The van der Waals surface area contributed by atoms with Crippen LogP contribution >= 0.6 is 27.5 Å². The second-order valence-corrected chi connectivity index (χ2v) is 9.26. The van der Waals surface area contributed by atoms with Crippen LogP contribution in [0.1, 0.15) is 19.3 Å². The second kappa shape index (κ2) is 8.65. The Morgan fingerprint density at radius 3 is 2.84 bits per heavy atom. The van der Waals surface area contributed by atoms with Gasteiger partial charge in [-0.25, -0.2) is 4.98 Å². The summed E-state index contributed by atoms with van der Waals surface area (Å²) in [4.78, 5) is 20.1. The SMILES string of the molecule is O=c1[nH]c(-c2ccc(NCCC3CCNCC3)cc2Cl)nc2c1oc1ccc(Br)cc12. The van der Waals surface area contributed by atoms with Crippen molar-refractivity contribution < 1.29 is 4.42 Å². The van der Waals surface area contributed by atoms with E-state index >= 15 is 0 Å². The molecule has 0 saturated carbocycles. The molecular weight excluding hydrogens is 480 g/mol. The molecule has 1 aliphatic rings. The Morgan fingerprint density at radius 2 is 2.03 bits per heavy atom. The number of furan rings is 1. The number of hydrogen-bond donors (Lipinski definition) is 3. The van der Waals surface area contributed by atoms with Gasteiger partial charge < -0.3 is 20.0 Å². The van der Waals surface area contributed by atoms with Crippen molar-refractivity contribution in [1.29, 1.82) is 0 Å². The predicted octanol–water partition coefficient (Wildman–Crippen LogP) is 5.55. The quantitative estimate of drug-likeness (QED) is 0.334. The number of aromatic amines is 1. The predicted molar refractivity (Wildman–Crippen MR) is 129 cm³/mol. The Morgan fingerprint density at radius 1 is 1.19 bits per heavy atom. The zero-order chi connectivity index (χ0) is 21.4. The molecular formula is C23H22BrClN4O2. The number of aromatic nitrogens is 2. The van der Waals surface area contributed by atoms with Gasteiger partial charge in [-0.3, -0.25) is 4.79 Å². The molecule has 0 amide bonds. The fourth-order valence-corrected chi connectivity index (χ4v) is 4.79. The lowest BCUT2D eigenvalue weighted by atomic mass is 9.95. The fourth-order valence-electron chi connectivity index (χ4n) is 4.16. The van der Waals surface area contributed by atoms with Crippen LogP contribution in [0, 0.1) is 5.92 Å². The molecule has 0 spiro atoms. The van der Waals surface area contributed by atoms with Crippen molar-refractivity contribution in [3.63, 3.8) is 0 Å². The second-order valence-electron chi connectivity index (χ2n) is 7.94. The number of rotatable bonds is 5. The van der Waals surface area contributed by atoms with E-state index in [4.69, 9.17) is 16.0 Å². The standard InChI is InChI=1S/C23H22BrClN4O2/c24-14-1-4-19-17(11-14)20-21(31-19)23(30)29-22(28-20)16-3-2-15(12-18(16)25)27-10-7-13-5-8-26-9-6-13/h1-4,11-13,26-27H,5-10H2,(H,28,29,30). The van der Waals surface area contributed by atoms with Gasteiger partial charge in [-0.2, -0.15) is 0 Å². The first kappa shape index (κ1) is 20.5. The minimum atomic E-state index is -0.326. The van der Waals surface area contributed by atoms with E-state index in [0.29, 0.717) is 27.5 Å². The molecule has 3 heterocycles. The van der Waals surface area contributed by atoms with Crippen molar-refractivity contribution in [3.05, 3.63) is 56.2 Å². The van der Waals surface area contributed by atoms with Crippen LogP contribution in [0.3, 0.4) is 0 Å². The van der Waals surface area contributed by atoms with Crippen LogP contribution in [-0.4, -0.2) is 29.6 Å². The van der Waals surface area contributed by atoms with Crippen LogP contribution in [-0.2, 0) is 0 Å². The van der Waals surface area contributed by atoms with Crippen LogP contribution in [0.5, 0.6) is 0 Å². The van der Waals surface area contributed by atoms with Gasteiger partial charge in [0, 0.05) is 27.7 Å². The molecule has 0 bridgehead atoms. The monoisotopic (exact) mass is 500 g/mol. The Hall–Kier alpha value is -2.35. The molecule has 3 N–H and O–H groups in total. The van der Waals surface area contributed by atoms with E-state index in [2.05, 4.69) is 36.5 Å². The van der Waals surface area contributed by atoms with Crippen molar-refractivity contribution in [1.82, 2.24) is 15.3 Å². The molecule has 2 aromatic carbocycles. The van der Waals surface area contributed by atoms with Gasteiger partial charge in [0.25, 0.3) is 5.56 Å². The molecule has 6 nitrogen and oxygen atoms in total. The average Bonchev–Trinajstić information content (AvgIpc) is 3.13. The number of anilines is 1. The Kier molecular flexibility index (Phi) is 5.73. The van der Waals surface area contributed by atoms with Crippen LogP contribution in [0.15, 0.2) is 50.1 Å². The highest BCUT2D eigenvalue weighted by Crippen LogP contribution is 2.32. The molecule has 0 atom stereocenters. The van der Waals surface area contributed by atoms with Gasteiger partial charge in [0.1, 0.15) is 16.9 Å². The highest BCUT2D eigenvalue weighted by molar-refractivity contribution is 9.10. The van der Waals surface area contributed by atoms with Crippen molar-refractivity contribution in [2.24, 2.45) is 5.92 Å². The lowest BCUT2D eigenvalue weighted by Crippen LogP contribution is -2.28. The summed E-state index contributed by atoms with van der Waals surface area (Å²) < 4.78 is 6.59. The molecule has 160 valence electrons. The van der Waals surface area contributed by atoms with Crippen LogP contribution in [0.4, 0.5) is 5.69 Å². The maximum atomic E-state index is 12.6. The third-order valence-electron chi connectivity index (χ3n) is 5.85. The van der Waals surface area contributed by atoms with Crippen molar-refractivity contribution in [2.75, 3.05) is 25.0 Å². The van der Waals surface area contributed by atoms with Gasteiger partial charge in [-0.15, -0.1) is 0 Å². The third-order valence-corrected chi connectivity index (χ3v) is 6.66. The topological polar surface area (TPSA) is 83.0 Å². The normalized spacial score (nSPS) is 15.0. The summed E-state index contributed by atoms with van der Waals surface area (Å²) in [6.45, 7) is 3.14. The van der Waals surface area contributed by atoms with Crippen LogP contribution in [0.2, 0.25) is 5.02 Å². The molecule has 2 aromatic heterocycles. The molecule has 31 heavy (non-hydrogen) atoms. The van der Waals surface area contributed by atoms with Crippen LogP contribution < -0.4 is 16.2 Å². The molecule has 1 saturated heterocycles. The average molecular weight is 502 g/mol. The first-order chi connectivity index (χ1) is 15.1. The molecule has 0 radical (unpaired) electrons. The van der Waals surface area contributed by atoms with Gasteiger partial charge in [0.2, 0.25) is 5.58 Å². The largest absolute Gasteiger partial charge is 0.449 e. The van der Waals surface area contributed by atoms with Crippen molar-refractivity contribution in [3.8, 4) is 11.4 Å². The third kappa shape index (κ3) is 4.22. The number of fused-ring (bicyclic) bond motifs is 3. The zero-order valence-electron chi connectivity index (χ0n) is 16.8. The number of nitrogens with one attached hydrogen (secondary N) is 3. The molecule has 8 heteroatoms. The summed E-state index contributed by atoms with van der Waals surface area (Å²) in [6.07, 6.45) is 3.63. The van der Waals surface area contributed by atoms with E-state index in [9.17, 15) is 4.79 Å². The summed E-state index contributed by atoms with van der Waals surface area (Å²) in [5.74, 6) is 1.20. The first-order valence-electron chi connectivity index (χ1n) is 10.4. The van der Waals surface area contributed by atoms with E-state index in [0.717, 1.165) is 47.5 Å². The molecule has 1 aliphatic heterocycles. The van der Waals surface area contributed by atoms with E-state index < -0.39 is 0 Å². The minimum Gasteiger partial charge on any atom is -0.449 e. The number of nitrogens with zero attached hydrogens (tertiary/aromatic N) is 1. The molecule has 4 aromatic rings. The summed E-state index contributed by atoms with van der Waals surface area (Å²) >= 11 is 10.0. The van der Waals surface area contributed by atoms with Crippen LogP contribution in [0.25, 0.3) is 33.5 Å². The Balaban J connectivity index is 1.41. The molecule has 0 aliphatic carbocycles. The van der Waals surface area contributed by atoms with Crippen molar-refractivity contribution >= 4 is 55.3 Å². The van der Waals surface area contributed by atoms with E-state index in [-0.39, 0.29) is 11.1 Å². The maximum absolute atomic E-state index is 12.6. The van der Waals surface area contributed by atoms with E-state index in [1.807, 2.05) is 36.4 Å². The lowest BCUT2D eigenvalue weighted by Gasteiger charge is -2.22. The van der Waals surface area contributed by atoms with Gasteiger partial charge >= 0.3 is 0 Å². The Labute approximate surface area is 192 Å². The Bertz CT molecular complexity index is 1310. The molecule has 0 unspecified atom stereocenters. The van der Waals surface area contributed by atoms with Gasteiger partial charge in [-0.1, -0.05) is 27.5 Å². The number of H-pyrrole nitrogens is 1. The van der Waals surface area contributed by atoms with E-state index in [1.54, 1.807) is 0 Å².